The van der Waals surface area contributed by atoms with Gasteiger partial charge < -0.3 is 19.7 Å². The van der Waals surface area contributed by atoms with Crippen molar-refractivity contribution in [3.63, 3.8) is 0 Å². The van der Waals surface area contributed by atoms with Gasteiger partial charge in [-0.25, -0.2) is 0 Å². The van der Waals surface area contributed by atoms with E-state index < -0.39 is 0 Å². The molecule has 1 fully saturated rings. The number of aromatic nitrogens is 3. The van der Waals surface area contributed by atoms with Crippen LogP contribution in [0.1, 0.15) is 20.9 Å². The lowest BCUT2D eigenvalue weighted by Gasteiger charge is -2.31. The van der Waals surface area contributed by atoms with Crippen LogP contribution >= 0.6 is 11.3 Å². The number of aryl methyl sites for hydroxylation is 1. The van der Waals surface area contributed by atoms with Gasteiger partial charge in [0.2, 0.25) is 5.91 Å². The van der Waals surface area contributed by atoms with Gasteiger partial charge in [0.1, 0.15) is 22.4 Å². The van der Waals surface area contributed by atoms with Crippen molar-refractivity contribution >= 4 is 28.7 Å². The summed E-state index contributed by atoms with van der Waals surface area (Å²) in [6.07, 6.45) is 3.59. The molecule has 0 bridgehead atoms. The van der Waals surface area contributed by atoms with Gasteiger partial charge in [0.25, 0.3) is 0 Å². The second-order valence-corrected chi connectivity index (χ2v) is 10.0. The van der Waals surface area contributed by atoms with Crippen LogP contribution in [0.2, 0.25) is 0 Å². The normalized spacial score (nSPS) is 14.5. The molecule has 3 heterocycles. The number of nitrogens with one attached hydrogen (secondary N) is 1. The zero-order chi connectivity index (χ0) is 26.2. The summed E-state index contributed by atoms with van der Waals surface area (Å²) >= 11 is 1.37. The van der Waals surface area contributed by atoms with Crippen LogP contribution in [0, 0.1) is 6.92 Å². The molecular weight excluding hydrogens is 492 g/mol. The summed E-state index contributed by atoms with van der Waals surface area (Å²) in [6, 6.07) is 6.99. The highest BCUT2D eigenvalue weighted by Gasteiger charge is 2.19. The van der Waals surface area contributed by atoms with E-state index in [1.807, 2.05) is 13.0 Å². The maximum atomic E-state index is 13.1. The lowest BCUT2D eigenvalue weighted by Crippen LogP contribution is -2.47. The van der Waals surface area contributed by atoms with E-state index in [-0.39, 0.29) is 24.7 Å². The Morgan fingerprint density at radius 2 is 1.92 bits per heavy atom. The molecule has 0 saturated carbocycles. The van der Waals surface area contributed by atoms with Gasteiger partial charge in [0.05, 0.1) is 25.3 Å². The van der Waals surface area contributed by atoms with Crippen LogP contribution in [0.4, 0.5) is 5.69 Å². The zero-order valence-electron chi connectivity index (χ0n) is 21.4. The van der Waals surface area contributed by atoms with E-state index in [2.05, 4.69) is 37.3 Å². The number of Topliss-reactive ketones (excluding diaryl/α,β-unsaturated/α-hetero) is 1. The summed E-state index contributed by atoms with van der Waals surface area (Å²) in [5.74, 6) is 0.223. The maximum Gasteiger partial charge on any atom is 0.238 e. The number of benzene rings is 1. The second-order valence-electron chi connectivity index (χ2n) is 8.97. The lowest BCUT2D eigenvalue weighted by atomic mass is 10.1. The molecule has 10 nitrogen and oxygen atoms in total. The molecule has 37 heavy (non-hydrogen) atoms. The Labute approximate surface area is 220 Å². The van der Waals surface area contributed by atoms with Crippen LogP contribution in [-0.2, 0) is 16.0 Å². The first-order chi connectivity index (χ1) is 17.9. The minimum Gasteiger partial charge on any atom is -0.489 e. The van der Waals surface area contributed by atoms with E-state index in [1.54, 1.807) is 37.7 Å². The number of rotatable bonds is 11. The number of anilines is 1. The number of ether oxygens (including phenoxy) is 2. The number of methoxy groups -OCH3 is 1. The van der Waals surface area contributed by atoms with Crippen LogP contribution in [0.5, 0.6) is 5.75 Å². The summed E-state index contributed by atoms with van der Waals surface area (Å²) in [7, 11) is 3.67. The first-order valence-electron chi connectivity index (χ1n) is 12.2. The van der Waals surface area contributed by atoms with Crippen molar-refractivity contribution in [3.8, 4) is 16.3 Å². The molecule has 1 amide bonds. The van der Waals surface area contributed by atoms with Crippen molar-refractivity contribution in [1.82, 2.24) is 25.0 Å². The summed E-state index contributed by atoms with van der Waals surface area (Å²) in [6.45, 7) is 6.53. The van der Waals surface area contributed by atoms with Crippen molar-refractivity contribution < 1.29 is 19.1 Å². The van der Waals surface area contributed by atoms with Crippen LogP contribution in [0.15, 0.2) is 36.7 Å². The molecular formula is C26H32N6O4S. The number of carbonyl (C=O) groups excluding carboxylic acids is 2. The van der Waals surface area contributed by atoms with Gasteiger partial charge in [-0.05, 0) is 43.8 Å². The van der Waals surface area contributed by atoms with Crippen LogP contribution in [0.3, 0.4) is 0 Å². The molecule has 1 N–H and O–H groups in total. The molecule has 2 aromatic heterocycles. The fourth-order valence-corrected chi connectivity index (χ4v) is 4.84. The SMILES string of the molecule is COCCOc1ccc(C(=O)Cc2nnc(-c3cnccc3C)s2)cc1NC(=O)CN1CCN(C)CC1. The van der Waals surface area contributed by atoms with Crippen LogP contribution in [0.25, 0.3) is 10.6 Å². The van der Waals surface area contributed by atoms with E-state index in [1.165, 1.54) is 11.3 Å². The summed E-state index contributed by atoms with van der Waals surface area (Å²) in [4.78, 5) is 34.5. The molecule has 1 aliphatic heterocycles. The number of hydrogen-bond acceptors (Lipinski definition) is 10. The first-order valence-corrected chi connectivity index (χ1v) is 13.0. The Morgan fingerprint density at radius 1 is 1.11 bits per heavy atom. The molecule has 3 aromatic rings. The summed E-state index contributed by atoms with van der Waals surface area (Å²) in [5, 5.41) is 12.7. The third kappa shape index (κ3) is 7.39. The van der Waals surface area contributed by atoms with Gasteiger partial charge in [-0.2, -0.15) is 0 Å². The van der Waals surface area contributed by atoms with Crippen molar-refractivity contribution in [2.45, 2.75) is 13.3 Å². The molecule has 0 aliphatic carbocycles. The minimum atomic E-state index is -0.147. The van der Waals surface area contributed by atoms with E-state index in [0.717, 1.165) is 42.3 Å². The minimum absolute atomic E-state index is 0.107. The van der Waals surface area contributed by atoms with E-state index >= 15 is 0 Å². The quantitative estimate of drug-likeness (QED) is 0.299. The van der Waals surface area contributed by atoms with Crippen molar-refractivity contribution in [2.24, 2.45) is 0 Å². The molecule has 1 aliphatic rings. The average Bonchev–Trinajstić information content (AvgIpc) is 3.34. The average molecular weight is 525 g/mol. The van der Waals surface area contributed by atoms with Gasteiger partial charge in [-0.1, -0.05) is 11.3 Å². The van der Waals surface area contributed by atoms with Gasteiger partial charge >= 0.3 is 0 Å². The second kappa shape index (κ2) is 12.8. The molecule has 1 aromatic carbocycles. The summed E-state index contributed by atoms with van der Waals surface area (Å²) < 4.78 is 10.9. The highest BCUT2D eigenvalue weighted by molar-refractivity contribution is 7.14. The Hall–Kier alpha value is -3.25. The van der Waals surface area contributed by atoms with Gasteiger partial charge in [0.15, 0.2) is 5.78 Å². The number of ketones is 1. The number of piperazine rings is 1. The maximum absolute atomic E-state index is 13.1. The lowest BCUT2D eigenvalue weighted by molar-refractivity contribution is -0.117. The monoisotopic (exact) mass is 524 g/mol. The van der Waals surface area contributed by atoms with Crippen molar-refractivity contribution in [1.29, 1.82) is 0 Å². The van der Waals surface area contributed by atoms with Gasteiger partial charge in [0, 0.05) is 56.8 Å². The number of hydrogen-bond donors (Lipinski definition) is 1. The highest BCUT2D eigenvalue weighted by Crippen LogP contribution is 2.29. The largest absolute Gasteiger partial charge is 0.489 e. The molecule has 0 atom stereocenters. The molecule has 196 valence electrons. The third-order valence-corrected chi connectivity index (χ3v) is 7.09. The van der Waals surface area contributed by atoms with Crippen LogP contribution < -0.4 is 10.1 Å². The number of amides is 1. The highest BCUT2D eigenvalue weighted by atomic mass is 32.1. The van der Waals surface area contributed by atoms with Gasteiger partial charge in [-0.15, -0.1) is 10.2 Å². The van der Waals surface area contributed by atoms with E-state index in [9.17, 15) is 9.59 Å². The smallest absolute Gasteiger partial charge is 0.238 e. The van der Waals surface area contributed by atoms with E-state index in [4.69, 9.17) is 9.47 Å². The predicted octanol–water partition coefficient (Wildman–Crippen LogP) is 2.55. The van der Waals surface area contributed by atoms with Crippen molar-refractivity contribution in [2.75, 3.05) is 65.4 Å². The summed E-state index contributed by atoms with van der Waals surface area (Å²) in [5.41, 5.74) is 2.87. The molecule has 1 saturated heterocycles. The molecule has 0 spiro atoms. The molecule has 0 unspecified atom stereocenters. The standard InChI is InChI=1S/C26H32N6O4S/c1-18-6-7-27-16-20(18)26-30-29-25(37-26)15-22(33)19-4-5-23(36-13-12-35-3)21(14-19)28-24(34)17-32-10-8-31(2)9-11-32/h4-7,14,16H,8-13,15,17H2,1-3H3,(H,28,34). The molecule has 4 rings (SSSR count). The number of pyridine rings is 1. The molecule has 0 radical (unpaired) electrons. The number of nitrogens with zero attached hydrogens (tertiary/aromatic N) is 5. The third-order valence-electron chi connectivity index (χ3n) is 6.13. The van der Waals surface area contributed by atoms with Crippen molar-refractivity contribution in [3.05, 3.63) is 52.8 Å². The number of carbonyl (C=O) groups is 2. The Kier molecular flexibility index (Phi) is 9.29. The van der Waals surface area contributed by atoms with E-state index in [0.29, 0.717) is 35.2 Å². The van der Waals surface area contributed by atoms with Gasteiger partial charge in [-0.3, -0.25) is 19.5 Å². The Bertz CT molecular complexity index is 1230. The predicted molar refractivity (Wildman–Crippen MR) is 142 cm³/mol. The fourth-order valence-electron chi connectivity index (χ4n) is 3.92. The molecule has 11 heteroatoms. The first kappa shape index (κ1) is 26.8. The Morgan fingerprint density at radius 3 is 2.68 bits per heavy atom. The topological polar surface area (TPSA) is 110 Å². The van der Waals surface area contributed by atoms with Crippen LogP contribution in [-0.4, -0.2) is 96.8 Å². The Balaban J connectivity index is 1.46. The fraction of sp³-hybridized carbons (Fsp3) is 0.423. The zero-order valence-corrected chi connectivity index (χ0v) is 22.2. The number of likely N-dealkylation sites (N-methyl/N-ethyl adjacent to an activating group) is 1.